The molecule has 0 aliphatic heterocycles. The zero-order chi connectivity index (χ0) is 19.6. The molecule has 0 radical (unpaired) electrons. The number of nitrogens with zero attached hydrogens (tertiary/aromatic N) is 3. The summed E-state index contributed by atoms with van der Waals surface area (Å²) in [6, 6.07) is 29.9. The van der Waals surface area contributed by atoms with Gasteiger partial charge in [-0.3, -0.25) is 0 Å². The van der Waals surface area contributed by atoms with E-state index in [-0.39, 0.29) is 5.75 Å². The first kappa shape index (κ1) is 17.2. The normalized spacial score (nSPS) is 11.0. The van der Waals surface area contributed by atoms with E-state index >= 15 is 0 Å². The van der Waals surface area contributed by atoms with Crippen molar-refractivity contribution in [2.45, 2.75) is 6.54 Å². The molecule has 29 heavy (non-hydrogen) atoms. The van der Waals surface area contributed by atoms with Crippen LogP contribution in [-0.4, -0.2) is 19.6 Å². The average molecular weight is 377 g/mol. The number of benzene rings is 3. The zero-order valence-corrected chi connectivity index (χ0v) is 15.7. The van der Waals surface area contributed by atoms with Crippen molar-refractivity contribution < 1.29 is 5.11 Å². The molecule has 5 aromatic rings. The van der Waals surface area contributed by atoms with Crippen molar-refractivity contribution >= 4 is 11.2 Å². The lowest BCUT2D eigenvalue weighted by atomic mass is 10.0. The number of hydrogen-bond donors (Lipinski definition) is 1. The first-order chi connectivity index (χ1) is 14.3. The minimum atomic E-state index is 0.271. The fourth-order valence-corrected chi connectivity index (χ4v) is 3.56. The van der Waals surface area contributed by atoms with Crippen molar-refractivity contribution in [3.8, 4) is 28.3 Å². The Morgan fingerprint density at radius 2 is 1.34 bits per heavy atom. The second-order valence-corrected chi connectivity index (χ2v) is 6.98. The predicted molar refractivity (Wildman–Crippen MR) is 116 cm³/mol. The van der Waals surface area contributed by atoms with Gasteiger partial charge in [0.2, 0.25) is 0 Å². The zero-order valence-electron chi connectivity index (χ0n) is 15.7. The molecule has 2 aromatic heterocycles. The van der Waals surface area contributed by atoms with Crippen molar-refractivity contribution in [2.75, 3.05) is 0 Å². The highest BCUT2D eigenvalue weighted by Gasteiger charge is 2.14. The van der Waals surface area contributed by atoms with Gasteiger partial charge in [0.1, 0.15) is 17.1 Å². The van der Waals surface area contributed by atoms with Crippen LogP contribution in [0.4, 0.5) is 0 Å². The van der Waals surface area contributed by atoms with Crippen LogP contribution in [0.15, 0.2) is 97.2 Å². The van der Waals surface area contributed by atoms with E-state index in [4.69, 9.17) is 4.98 Å². The van der Waals surface area contributed by atoms with Gasteiger partial charge >= 0.3 is 0 Å². The molecule has 140 valence electrons. The second-order valence-electron chi connectivity index (χ2n) is 6.98. The quantitative estimate of drug-likeness (QED) is 0.449. The average Bonchev–Trinajstić information content (AvgIpc) is 3.14. The third kappa shape index (κ3) is 3.36. The van der Waals surface area contributed by atoms with Crippen LogP contribution < -0.4 is 0 Å². The summed E-state index contributed by atoms with van der Waals surface area (Å²) in [5, 5.41) is 9.50. The van der Waals surface area contributed by atoms with Crippen molar-refractivity contribution in [1.29, 1.82) is 0 Å². The van der Waals surface area contributed by atoms with E-state index in [9.17, 15) is 5.11 Å². The number of rotatable bonds is 4. The summed E-state index contributed by atoms with van der Waals surface area (Å²) in [5.74, 6) is 1.17. The molecule has 3 aromatic carbocycles. The van der Waals surface area contributed by atoms with Gasteiger partial charge in [0.05, 0.1) is 6.54 Å². The molecule has 0 saturated carbocycles. The van der Waals surface area contributed by atoms with E-state index in [0.717, 1.165) is 33.7 Å². The highest BCUT2D eigenvalue weighted by Crippen LogP contribution is 2.28. The molecule has 0 aliphatic rings. The third-order valence-corrected chi connectivity index (χ3v) is 5.03. The van der Waals surface area contributed by atoms with Crippen molar-refractivity contribution in [3.05, 3.63) is 103 Å². The maximum atomic E-state index is 9.50. The number of hydrogen-bond acceptors (Lipinski definition) is 3. The molecule has 0 spiro atoms. The van der Waals surface area contributed by atoms with Gasteiger partial charge in [0.15, 0.2) is 5.65 Å². The van der Waals surface area contributed by atoms with Gasteiger partial charge in [-0.05, 0) is 41.0 Å². The van der Waals surface area contributed by atoms with Crippen LogP contribution >= 0.6 is 0 Å². The maximum Gasteiger partial charge on any atom is 0.160 e. The lowest BCUT2D eigenvalue weighted by Crippen LogP contribution is -2.03. The lowest BCUT2D eigenvalue weighted by Gasteiger charge is -2.10. The molecule has 4 heteroatoms. The van der Waals surface area contributed by atoms with Gasteiger partial charge in [-0.2, -0.15) is 0 Å². The molecule has 0 amide bonds. The van der Waals surface area contributed by atoms with E-state index < -0.39 is 0 Å². The number of phenols is 1. The van der Waals surface area contributed by atoms with E-state index in [1.165, 1.54) is 5.56 Å². The standard InChI is InChI=1S/C25H19N3O/c29-22-14-12-20(13-15-22)19-8-10-21(11-9-19)24-27-23-7-4-16-26-25(23)28(24)17-18-5-2-1-3-6-18/h1-16,29H,17H2. The van der Waals surface area contributed by atoms with Gasteiger partial charge in [0.25, 0.3) is 0 Å². The summed E-state index contributed by atoms with van der Waals surface area (Å²) in [7, 11) is 0. The van der Waals surface area contributed by atoms with Crippen LogP contribution in [-0.2, 0) is 6.54 Å². The van der Waals surface area contributed by atoms with E-state index in [2.05, 4.69) is 45.9 Å². The van der Waals surface area contributed by atoms with Crippen molar-refractivity contribution in [2.24, 2.45) is 0 Å². The van der Waals surface area contributed by atoms with Gasteiger partial charge in [0, 0.05) is 11.8 Å². The number of pyridine rings is 1. The van der Waals surface area contributed by atoms with Gasteiger partial charge in [-0.1, -0.05) is 66.7 Å². The second kappa shape index (κ2) is 7.24. The van der Waals surface area contributed by atoms with Crippen LogP contribution in [0.1, 0.15) is 5.56 Å². The summed E-state index contributed by atoms with van der Waals surface area (Å²) < 4.78 is 2.17. The first-order valence-corrected chi connectivity index (χ1v) is 9.53. The van der Waals surface area contributed by atoms with Gasteiger partial charge in [-0.25, -0.2) is 9.97 Å². The van der Waals surface area contributed by atoms with E-state index in [1.54, 1.807) is 12.1 Å². The minimum absolute atomic E-state index is 0.271. The third-order valence-electron chi connectivity index (χ3n) is 5.03. The monoisotopic (exact) mass is 377 g/mol. The Morgan fingerprint density at radius 1 is 0.690 bits per heavy atom. The van der Waals surface area contributed by atoms with Crippen LogP contribution in [0, 0.1) is 0 Å². The summed E-state index contributed by atoms with van der Waals surface area (Å²) in [5.41, 5.74) is 6.18. The fraction of sp³-hybridized carbons (Fsp3) is 0.0400. The molecular formula is C25H19N3O. The van der Waals surface area contributed by atoms with Gasteiger partial charge < -0.3 is 9.67 Å². The highest BCUT2D eigenvalue weighted by molar-refractivity contribution is 5.78. The molecule has 5 rings (SSSR count). The summed E-state index contributed by atoms with van der Waals surface area (Å²) >= 11 is 0. The fourth-order valence-electron chi connectivity index (χ4n) is 3.56. The lowest BCUT2D eigenvalue weighted by molar-refractivity contribution is 0.475. The minimum Gasteiger partial charge on any atom is -0.508 e. The van der Waals surface area contributed by atoms with E-state index in [0.29, 0.717) is 6.54 Å². The number of phenolic OH excluding ortho intramolecular Hbond substituents is 1. The number of aromatic nitrogens is 3. The molecule has 0 aliphatic carbocycles. The number of fused-ring (bicyclic) bond motifs is 1. The first-order valence-electron chi connectivity index (χ1n) is 9.53. The molecule has 0 unspecified atom stereocenters. The molecule has 0 saturated heterocycles. The number of aromatic hydroxyl groups is 1. The maximum absolute atomic E-state index is 9.50. The molecule has 0 bridgehead atoms. The van der Waals surface area contributed by atoms with Crippen molar-refractivity contribution in [1.82, 2.24) is 14.5 Å². The summed E-state index contributed by atoms with van der Waals surface area (Å²) in [6.07, 6.45) is 1.81. The SMILES string of the molecule is Oc1ccc(-c2ccc(-c3nc4cccnc4n3Cc3ccccc3)cc2)cc1. The predicted octanol–water partition coefficient (Wildman–Crippen LogP) is 5.52. The van der Waals surface area contributed by atoms with Crippen LogP contribution in [0.3, 0.4) is 0 Å². The molecule has 2 heterocycles. The Morgan fingerprint density at radius 3 is 2.07 bits per heavy atom. The molecule has 4 nitrogen and oxygen atoms in total. The molecule has 0 fully saturated rings. The van der Waals surface area contributed by atoms with Gasteiger partial charge in [-0.15, -0.1) is 0 Å². The molecule has 1 N–H and O–H groups in total. The van der Waals surface area contributed by atoms with Crippen molar-refractivity contribution in [3.63, 3.8) is 0 Å². The van der Waals surface area contributed by atoms with Crippen LogP contribution in [0.2, 0.25) is 0 Å². The Bertz CT molecular complexity index is 1260. The summed E-state index contributed by atoms with van der Waals surface area (Å²) in [4.78, 5) is 9.43. The van der Waals surface area contributed by atoms with E-state index in [1.807, 2.05) is 48.7 Å². The Hall–Kier alpha value is -3.92. The number of imidazole rings is 1. The Labute approximate surface area is 168 Å². The Balaban J connectivity index is 1.57. The smallest absolute Gasteiger partial charge is 0.160 e. The Kier molecular flexibility index (Phi) is 4.30. The molecular weight excluding hydrogens is 358 g/mol. The van der Waals surface area contributed by atoms with Crippen LogP contribution in [0.5, 0.6) is 5.75 Å². The van der Waals surface area contributed by atoms with Crippen LogP contribution in [0.25, 0.3) is 33.7 Å². The summed E-state index contributed by atoms with van der Waals surface area (Å²) in [6.45, 7) is 0.712. The topological polar surface area (TPSA) is 50.9 Å². The molecule has 0 atom stereocenters. The largest absolute Gasteiger partial charge is 0.508 e. The highest BCUT2D eigenvalue weighted by atomic mass is 16.3.